The van der Waals surface area contributed by atoms with Gasteiger partial charge in [0, 0.05) is 45.0 Å². The van der Waals surface area contributed by atoms with Crippen LogP contribution in [0.3, 0.4) is 0 Å². The highest BCUT2D eigenvalue weighted by Crippen LogP contribution is 2.18. The molecule has 2 aromatic carbocycles. The summed E-state index contributed by atoms with van der Waals surface area (Å²) in [7, 11) is 0. The van der Waals surface area contributed by atoms with Crippen molar-refractivity contribution in [2.24, 2.45) is 5.73 Å². The molecule has 116 valence electrons. The van der Waals surface area contributed by atoms with Crippen LogP contribution in [0.5, 0.6) is 0 Å². The lowest BCUT2D eigenvalue weighted by Crippen LogP contribution is -2.47. The van der Waals surface area contributed by atoms with Gasteiger partial charge in [-0.15, -0.1) is 0 Å². The molecule has 0 saturated carbocycles. The van der Waals surface area contributed by atoms with Gasteiger partial charge in [-0.05, 0) is 29.7 Å². The molecule has 0 aromatic heterocycles. The number of nitrogens with zero attached hydrogens (tertiary/aromatic N) is 2. The molecule has 0 radical (unpaired) electrons. The van der Waals surface area contributed by atoms with E-state index in [1.165, 1.54) is 16.8 Å². The number of rotatable bonds is 5. The Morgan fingerprint density at radius 1 is 0.773 bits per heavy atom. The molecule has 0 spiro atoms. The first-order chi connectivity index (χ1) is 10.8. The summed E-state index contributed by atoms with van der Waals surface area (Å²) in [6.45, 7) is 6.19. The highest BCUT2D eigenvalue weighted by Gasteiger charge is 2.16. The number of hydrogen-bond donors (Lipinski definition) is 1. The Bertz CT molecular complexity index is 557. The van der Waals surface area contributed by atoms with Crippen molar-refractivity contribution in [3.8, 4) is 0 Å². The molecule has 1 heterocycles. The van der Waals surface area contributed by atoms with Crippen molar-refractivity contribution in [3.05, 3.63) is 65.7 Å². The fraction of sp³-hybridized carbons (Fsp3) is 0.368. The van der Waals surface area contributed by atoms with Crippen molar-refractivity contribution in [2.75, 3.05) is 44.2 Å². The second-order valence-corrected chi connectivity index (χ2v) is 5.95. The number of nitrogens with two attached hydrogens (primary N) is 1. The van der Waals surface area contributed by atoms with Crippen LogP contribution in [0.25, 0.3) is 0 Å². The van der Waals surface area contributed by atoms with Gasteiger partial charge in [0.25, 0.3) is 0 Å². The first-order valence-corrected chi connectivity index (χ1v) is 8.15. The first kappa shape index (κ1) is 15.1. The van der Waals surface area contributed by atoms with Crippen molar-refractivity contribution >= 4 is 5.69 Å². The molecule has 1 aliphatic heterocycles. The third kappa shape index (κ3) is 3.87. The van der Waals surface area contributed by atoms with Crippen molar-refractivity contribution in [1.82, 2.24) is 4.90 Å². The smallest absolute Gasteiger partial charge is 0.0367 e. The van der Waals surface area contributed by atoms with Crippen LogP contribution >= 0.6 is 0 Å². The largest absolute Gasteiger partial charge is 0.369 e. The van der Waals surface area contributed by atoms with Gasteiger partial charge in [0.1, 0.15) is 0 Å². The number of benzene rings is 2. The van der Waals surface area contributed by atoms with Crippen LogP contribution < -0.4 is 10.6 Å². The number of piperazine rings is 1. The fourth-order valence-corrected chi connectivity index (χ4v) is 3.07. The molecule has 2 N–H and O–H groups in total. The van der Waals surface area contributed by atoms with Gasteiger partial charge >= 0.3 is 0 Å². The molecule has 1 saturated heterocycles. The van der Waals surface area contributed by atoms with Crippen LogP contribution in [0.1, 0.15) is 11.1 Å². The number of anilines is 1. The van der Waals surface area contributed by atoms with Crippen LogP contribution in [0.4, 0.5) is 5.69 Å². The highest BCUT2D eigenvalue weighted by atomic mass is 15.3. The predicted molar refractivity (Wildman–Crippen MR) is 93.4 cm³/mol. The van der Waals surface area contributed by atoms with Gasteiger partial charge in [-0.1, -0.05) is 42.5 Å². The normalized spacial score (nSPS) is 16.0. The molecule has 3 heteroatoms. The van der Waals surface area contributed by atoms with E-state index in [1.54, 1.807) is 0 Å². The maximum atomic E-state index is 5.63. The van der Waals surface area contributed by atoms with Gasteiger partial charge in [-0.25, -0.2) is 0 Å². The molecule has 1 aliphatic rings. The van der Waals surface area contributed by atoms with Gasteiger partial charge in [-0.2, -0.15) is 0 Å². The maximum Gasteiger partial charge on any atom is 0.0367 e. The lowest BCUT2D eigenvalue weighted by atomic mass is 10.0. The Kier molecular flexibility index (Phi) is 5.09. The average Bonchev–Trinajstić information content (AvgIpc) is 2.58. The van der Waals surface area contributed by atoms with Gasteiger partial charge in [-0.3, -0.25) is 4.90 Å². The summed E-state index contributed by atoms with van der Waals surface area (Å²) < 4.78 is 0. The quantitative estimate of drug-likeness (QED) is 0.919. The van der Waals surface area contributed by atoms with Crippen molar-refractivity contribution < 1.29 is 0 Å². The van der Waals surface area contributed by atoms with Crippen LogP contribution in [-0.4, -0.2) is 44.2 Å². The molecule has 0 amide bonds. The summed E-state index contributed by atoms with van der Waals surface area (Å²) in [5.74, 6) is 0. The van der Waals surface area contributed by atoms with Crippen LogP contribution in [-0.2, 0) is 6.42 Å². The minimum absolute atomic E-state index is 0.758. The summed E-state index contributed by atoms with van der Waals surface area (Å²) in [5.41, 5.74) is 9.71. The Labute approximate surface area is 133 Å². The monoisotopic (exact) mass is 295 g/mol. The van der Waals surface area contributed by atoms with E-state index in [4.69, 9.17) is 5.73 Å². The van der Waals surface area contributed by atoms with Gasteiger partial charge < -0.3 is 10.6 Å². The summed E-state index contributed by atoms with van der Waals surface area (Å²) in [4.78, 5) is 4.92. The van der Waals surface area contributed by atoms with E-state index in [1.807, 2.05) is 0 Å². The van der Waals surface area contributed by atoms with E-state index >= 15 is 0 Å². The van der Waals surface area contributed by atoms with E-state index in [0.29, 0.717) is 0 Å². The summed E-state index contributed by atoms with van der Waals surface area (Å²) in [5, 5.41) is 0. The van der Waals surface area contributed by atoms with Crippen LogP contribution in [0, 0.1) is 0 Å². The van der Waals surface area contributed by atoms with Crippen molar-refractivity contribution in [2.45, 2.75) is 6.42 Å². The standard InChI is InChI=1S/C19H25N3/c20-10-11-21-12-14-22(15-13-21)19-8-6-18(7-9-19)16-17-4-2-1-3-5-17/h1-9H,10-16,20H2. The lowest BCUT2D eigenvalue weighted by Gasteiger charge is -2.36. The molecule has 0 bridgehead atoms. The Morgan fingerprint density at radius 2 is 1.41 bits per heavy atom. The topological polar surface area (TPSA) is 32.5 Å². The zero-order chi connectivity index (χ0) is 15.2. The van der Waals surface area contributed by atoms with E-state index in [2.05, 4.69) is 64.4 Å². The minimum Gasteiger partial charge on any atom is -0.369 e. The zero-order valence-electron chi connectivity index (χ0n) is 13.1. The minimum atomic E-state index is 0.758. The lowest BCUT2D eigenvalue weighted by molar-refractivity contribution is 0.265. The van der Waals surface area contributed by atoms with Gasteiger partial charge in [0.2, 0.25) is 0 Å². The second-order valence-electron chi connectivity index (χ2n) is 5.95. The SMILES string of the molecule is NCCN1CCN(c2ccc(Cc3ccccc3)cc2)CC1. The molecule has 0 aliphatic carbocycles. The fourth-order valence-electron chi connectivity index (χ4n) is 3.07. The molecule has 3 rings (SSSR count). The van der Waals surface area contributed by atoms with Gasteiger partial charge in [0.05, 0.1) is 0 Å². The van der Waals surface area contributed by atoms with E-state index in [9.17, 15) is 0 Å². The highest BCUT2D eigenvalue weighted by molar-refractivity contribution is 5.48. The van der Waals surface area contributed by atoms with Crippen LogP contribution in [0.15, 0.2) is 54.6 Å². The molecule has 1 fully saturated rings. The third-order valence-electron chi connectivity index (χ3n) is 4.37. The van der Waals surface area contributed by atoms with Gasteiger partial charge in [0.15, 0.2) is 0 Å². The van der Waals surface area contributed by atoms with E-state index in [-0.39, 0.29) is 0 Å². The molecule has 0 unspecified atom stereocenters. The van der Waals surface area contributed by atoms with E-state index < -0.39 is 0 Å². The number of hydrogen-bond acceptors (Lipinski definition) is 3. The molecule has 22 heavy (non-hydrogen) atoms. The maximum absolute atomic E-state index is 5.63. The first-order valence-electron chi connectivity index (χ1n) is 8.15. The zero-order valence-corrected chi connectivity index (χ0v) is 13.1. The Hall–Kier alpha value is -1.84. The average molecular weight is 295 g/mol. The van der Waals surface area contributed by atoms with Crippen molar-refractivity contribution in [3.63, 3.8) is 0 Å². The molecule has 3 nitrogen and oxygen atoms in total. The second kappa shape index (κ2) is 7.43. The van der Waals surface area contributed by atoms with Crippen LogP contribution in [0.2, 0.25) is 0 Å². The molecule has 2 aromatic rings. The summed E-state index contributed by atoms with van der Waals surface area (Å²) in [6, 6.07) is 19.7. The van der Waals surface area contributed by atoms with E-state index in [0.717, 1.165) is 45.7 Å². The molecular weight excluding hydrogens is 270 g/mol. The molecular formula is C19H25N3. The molecule has 0 atom stereocenters. The van der Waals surface area contributed by atoms with Crippen molar-refractivity contribution in [1.29, 1.82) is 0 Å². The Morgan fingerprint density at radius 3 is 2.05 bits per heavy atom. The summed E-state index contributed by atoms with van der Waals surface area (Å²) in [6.07, 6.45) is 1.01. The third-order valence-corrected chi connectivity index (χ3v) is 4.37. The summed E-state index contributed by atoms with van der Waals surface area (Å²) >= 11 is 0. The Balaban J connectivity index is 1.58. The predicted octanol–water partition coefficient (Wildman–Crippen LogP) is 2.36.